The van der Waals surface area contributed by atoms with Crippen LogP contribution in [0.5, 0.6) is 0 Å². The Hall–Kier alpha value is -1.46. The van der Waals surface area contributed by atoms with Gasteiger partial charge in [-0.25, -0.2) is 0 Å². The second-order valence-corrected chi connectivity index (χ2v) is 5.27. The molecule has 0 unspecified atom stereocenters. The largest absolute Gasteiger partial charge is 0.371 e. The molecule has 0 aromatic carbocycles. The Morgan fingerprint density at radius 2 is 2.42 bits per heavy atom. The first kappa shape index (κ1) is 12.6. The Balaban J connectivity index is 1.64. The van der Waals surface area contributed by atoms with Crippen molar-refractivity contribution in [1.29, 1.82) is 0 Å². The lowest BCUT2D eigenvalue weighted by molar-refractivity contribution is -0.127. The number of carbonyl (C=O) groups is 1. The molecule has 0 spiro atoms. The molecule has 2 bridgehead atoms. The van der Waals surface area contributed by atoms with Gasteiger partial charge in [0.15, 0.2) is 0 Å². The highest BCUT2D eigenvalue weighted by molar-refractivity contribution is 5.79. The van der Waals surface area contributed by atoms with Crippen LogP contribution in [0.2, 0.25) is 0 Å². The lowest BCUT2D eigenvalue weighted by Gasteiger charge is -2.32. The third-order valence-corrected chi connectivity index (χ3v) is 3.93. The van der Waals surface area contributed by atoms with Gasteiger partial charge in [0.2, 0.25) is 5.91 Å². The summed E-state index contributed by atoms with van der Waals surface area (Å²) < 4.78 is 5.88. The zero-order valence-electron chi connectivity index (χ0n) is 11.1. The van der Waals surface area contributed by atoms with Crippen LogP contribution >= 0.6 is 0 Å². The molecule has 0 saturated carbocycles. The number of amides is 1. The van der Waals surface area contributed by atoms with Crippen molar-refractivity contribution in [2.75, 3.05) is 20.1 Å². The fourth-order valence-corrected chi connectivity index (χ4v) is 3.05. The van der Waals surface area contributed by atoms with Gasteiger partial charge >= 0.3 is 0 Å². The fourth-order valence-electron chi connectivity index (χ4n) is 3.05. The third kappa shape index (κ3) is 2.62. The Labute approximate surface area is 113 Å². The molecule has 102 valence electrons. The van der Waals surface area contributed by atoms with Gasteiger partial charge < -0.3 is 10.1 Å². The van der Waals surface area contributed by atoms with Crippen LogP contribution < -0.4 is 5.32 Å². The lowest BCUT2D eigenvalue weighted by Crippen LogP contribution is -2.44. The van der Waals surface area contributed by atoms with Gasteiger partial charge in [0.1, 0.15) is 0 Å². The molecule has 5 heteroatoms. The maximum Gasteiger partial charge on any atom is 0.225 e. The molecular weight excluding hydrogens is 242 g/mol. The molecule has 3 heterocycles. The average molecular weight is 261 g/mol. The topological polar surface area (TPSA) is 54.5 Å². The standard InChI is InChI=1S/C14H19N3O2/c1-15-14(18)12-6-11-8-17(9-13(12)19-11)7-10-4-2-3-5-16-10/h2-5,11-13H,6-9H2,1H3,(H,15,18)/t11-,12+,13+/m0/s1. The molecule has 3 atom stereocenters. The van der Waals surface area contributed by atoms with Crippen molar-refractivity contribution in [3.05, 3.63) is 30.1 Å². The van der Waals surface area contributed by atoms with Crippen molar-refractivity contribution in [2.24, 2.45) is 5.92 Å². The van der Waals surface area contributed by atoms with Gasteiger partial charge in [-0.1, -0.05) is 6.07 Å². The SMILES string of the molecule is CNC(=O)[C@@H]1C[C@H]2CN(Cc3ccccn3)C[C@H]1O2. The Kier molecular flexibility index (Phi) is 3.48. The summed E-state index contributed by atoms with van der Waals surface area (Å²) in [7, 11) is 1.69. The van der Waals surface area contributed by atoms with Crippen molar-refractivity contribution in [3.8, 4) is 0 Å². The Morgan fingerprint density at radius 1 is 1.53 bits per heavy atom. The lowest BCUT2D eigenvalue weighted by atomic mass is 10.00. The second kappa shape index (κ2) is 5.27. The number of hydrogen-bond donors (Lipinski definition) is 1. The van der Waals surface area contributed by atoms with E-state index in [4.69, 9.17) is 4.74 Å². The molecule has 2 fully saturated rings. The van der Waals surface area contributed by atoms with Crippen LogP contribution in [0.25, 0.3) is 0 Å². The van der Waals surface area contributed by atoms with Crippen LogP contribution in [-0.4, -0.2) is 48.1 Å². The molecule has 2 aliphatic heterocycles. The van der Waals surface area contributed by atoms with Crippen LogP contribution in [-0.2, 0) is 16.1 Å². The first-order chi connectivity index (χ1) is 9.26. The number of hydrogen-bond acceptors (Lipinski definition) is 4. The fraction of sp³-hybridized carbons (Fsp3) is 0.571. The van der Waals surface area contributed by atoms with E-state index in [1.165, 1.54) is 0 Å². The van der Waals surface area contributed by atoms with E-state index in [1.807, 2.05) is 24.4 Å². The highest BCUT2D eigenvalue weighted by Gasteiger charge is 2.44. The minimum atomic E-state index is 0.00346. The number of nitrogens with zero attached hydrogens (tertiary/aromatic N) is 2. The van der Waals surface area contributed by atoms with Gasteiger partial charge in [0, 0.05) is 32.9 Å². The van der Waals surface area contributed by atoms with Crippen molar-refractivity contribution in [2.45, 2.75) is 25.2 Å². The molecule has 2 aliphatic rings. The minimum absolute atomic E-state index is 0.00346. The monoisotopic (exact) mass is 261 g/mol. The summed E-state index contributed by atoms with van der Waals surface area (Å²) in [4.78, 5) is 18.5. The number of fused-ring (bicyclic) bond motifs is 2. The van der Waals surface area contributed by atoms with Gasteiger partial charge in [0.25, 0.3) is 0 Å². The summed E-state index contributed by atoms with van der Waals surface area (Å²) in [6.45, 7) is 2.53. The van der Waals surface area contributed by atoms with Crippen LogP contribution in [0.15, 0.2) is 24.4 Å². The summed E-state index contributed by atoms with van der Waals surface area (Å²) in [5.74, 6) is 0.107. The van der Waals surface area contributed by atoms with Gasteiger partial charge in [-0.05, 0) is 18.6 Å². The number of aromatic nitrogens is 1. The third-order valence-electron chi connectivity index (χ3n) is 3.93. The number of ether oxygens (including phenoxy) is 1. The first-order valence-corrected chi connectivity index (χ1v) is 6.75. The summed E-state index contributed by atoms with van der Waals surface area (Å²) in [5, 5.41) is 2.73. The number of carbonyl (C=O) groups excluding carboxylic acids is 1. The molecule has 19 heavy (non-hydrogen) atoms. The van der Waals surface area contributed by atoms with Crippen LogP contribution in [0.1, 0.15) is 12.1 Å². The predicted octanol–water partition coefficient (Wildman–Crippen LogP) is 0.417. The molecule has 1 aromatic rings. The number of nitrogens with one attached hydrogen (secondary N) is 1. The van der Waals surface area contributed by atoms with E-state index in [1.54, 1.807) is 7.05 Å². The smallest absolute Gasteiger partial charge is 0.225 e. The Bertz CT molecular complexity index is 451. The zero-order chi connectivity index (χ0) is 13.2. The van der Waals surface area contributed by atoms with Gasteiger partial charge in [-0.3, -0.25) is 14.7 Å². The molecular formula is C14H19N3O2. The van der Waals surface area contributed by atoms with Crippen molar-refractivity contribution in [1.82, 2.24) is 15.2 Å². The Morgan fingerprint density at radius 3 is 3.16 bits per heavy atom. The molecule has 0 aliphatic carbocycles. The summed E-state index contributed by atoms with van der Waals surface area (Å²) in [5.41, 5.74) is 1.07. The van der Waals surface area contributed by atoms with E-state index >= 15 is 0 Å². The van der Waals surface area contributed by atoms with Gasteiger partial charge in [-0.2, -0.15) is 0 Å². The maximum absolute atomic E-state index is 11.8. The van der Waals surface area contributed by atoms with Crippen LogP contribution in [0.4, 0.5) is 0 Å². The highest BCUT2D eigenvalue weighted by atomic mass is 16.5. The molecule has 1 amide bonds. The molecule has 0 radical (unpaired) electrons. The van der Waals surface area contributed by atoms with E-state index in [-0.39, 0.29) is 24.0 Å². The second-order valence-electron chi connectivity index (χ2n) is 5.27. The number of likely N-dealkylation sites (tertiary alicyclic amines) is 1. The molecule has 3 rings (SSSR count). The number of pyridine rings is 1. The normalized spacial score (nSPS) is 30.3. The maximum atomic E-state index is 11.8. The summed E-state index contributed by atoms with van der Waals surface area (Å²) >= 11 is 0. The van der Waals surface area contributed by atoms with E-state index in [2.05, 4.69) is 15.2 Å². The van der Waals surface area contributed by atoms with Crippen molar-refractivity contribution < 1.29 is 9.53 Å². The molecule has 1 aromatic heterocycles. The molecule has 1 N–H and O–H groups in total. The van der Waals surface area contributed by atoms with Crippen LogP contribution in [0, 0.1) is 5.92 Å². The summed E-state index contributed by atoms with van der Waals surface area (Å²) in [6.07, 6.45) is 2.87. The van der Waals surface area contributed by atoms with Crippen molar-refractivity contribution in [3.63, 3.8) is 0 Å². The van der Waals surface area contributed by atoms with Gasteiger partial charge in [0.05, 0.1) is 23.8 Å². The van der Waals surface area contributed by atoms with E-state index < -0.39 is 0 Å². The van der Waals surface area contributed by atoms with Gasteiger partial charge in [-0.15, -0.1) is 0 Å². The minimum Gasteiger partial charge on any atom is -0.371 e. The van der Waals surface area contributed by atoms with Crippen LogP contribution in [0.3, 0.4) is 0 Å². The molecule has 2 saturated heterocycles. The predicted molar refractivity (Wildman–Crippen MR) is 70.3 cm³/mol. The van der Waals surface area contributed by atoms with E-state index in [0.29, 0.717) is 0 Å². The summed E-state index contributed by atoms with van der Waals surface area (Å²) in [6, 6.07) is 5.96. The quantitative estimate of drug-likeness (QED) is 0.856. The molecule has 5 nitrogen and oxygen atoms in total. The average Bonchev–Trinajstić information content (AvgIpc) is 2.74. The number of rotatable bonds is 3. The highest BCUT2D eigenvalue weighted by Crippen LogP contribution is 2.32. The van der Waals surface area contributed by atoms with E-state index in [0.717, 1.165) is 31.7 Å². The number of morpholine rings is 1. The van der Waals surface area contributed by atoms with E-state index in [9.17, 15) is 4.79 Å². The zero-order valence-corrected chi connectivity index (χ0v) is 11.1. The first-order valence-electron chi connectivity index (χ1n) is 6.75. The van der Waals surface area contributed by atoms with Crippen molar-refractivity contribution >= 4 is 5.91 Å².